The maximum Gasteiger partial charge on any atom is 0.326 e. The van der Waals surface area contributed by atoms with Gasteiger partial charge in [-0.3, -0.25) is 0 Å². The van der Waals surface area contributed by atoms with Crippen molar-refractivity contribution in [2.75, 3.05) is 0 Å². The van der Waals surface area contributed by atoms with Crippen molar-refractivity contribution in [2.24, 2.45) is 0 Å². The summed E-state index contributed by atoms with van der Waals surface area (Å²) in [6, 6.07) is -1.14. The molecule has 0 aliphatic heterocycles. The summed E-state index contributed by atoms with van der Waals surface area (Å²) in [5, 5.41) is 14.5. The monoisotopic (exact) mass is 256 g/mol. The van der Waals surface area contributed by atoms with Crippen LogP contribution in [0.2, 0.25) is 0 Å². The van der Waals surface area contributed by atoms with Crippen molar-refractivity contribution in [3.63, 3.8) is 0 Å². The predicted octanol–water partition coefficient (Wildman–Crippen LogP) is 2.26. The summed E-state index contributed by atoms with van der Waals surface area (Å²) >= 11 is 0. The molecule has 104 valence electrons. The minimum Gasteiger partial charge on any atom is -0.480 e. The Morgan fingerprint density at radius 1 is 1.33 bits per heavy atom. The fourth-order valence-electron chi connectivity index (χ4n) is 2.41. The molecule has 1 saturated carbocycles. The van der Waals surface area contributed by atoms with E-state index in [1.807, 2.05) is 13.8 Å². The Morgan fingerprint density at radius 2 is 1.94 bits per heavy atom. The summed E-state index contributed by atoms with van der Waals surface area (Å²) in [5.74, 6) is -0.963. The van der Waals surface area contributed by atoms with E-state index in [2.05, 4.69) is 10.6 Å². The first-order valence-electron chi connectivity index (χ1n) is 6.78. The minimum atomic E-state index is -0.963. The fraction of sp³-hybridized carbons (Fsp3) is 0.846. The first-order chi connectivity index (χ1) is 8.47. The van der Waals surface area contributed by atoms with Crippen LogP contribution in [-0.4, -0.2) is 28.7 Å². The van der Waals surface area contributed by atoms with Crippen LogP contribution in [-0.2, 0) is 4.79 Å². The summed E-state index contributed by atoms with van der Waals surface area (Å²) in [7, 11) is 0. The maximum atomic E-state index is 11.8. The number of carboxylic acids is 1. The number of unbranched alkanes of at least 4 members (excludes halogenated alkanes) is 1. The van der Waals surface area contributed by atoms with Gasteiger partial charge in [-0.25, -0.2) is 9.59 Å². The lowest BCUT2D eigenvalue weighted by molar-refractivity contribution is -0.139. The summed E-state index contributed by atoms with van der Waals surface area (Å²) in [5.41, 5.74) is -0.169. The van der Waals surface area contributed by atoms with Gasteiger partial charge in [0.15, 0.2) is 0 Å². The molecule has 2 amide bonds. The van der Waals surface area contributed by atoms with Gasteiger partial charge in [0.05, 0.1) is 0 Å². The van der Waals surface area contributed by atoms with Crippen molar-refractivity contribution in [2.45, 2.75) is 70.4 Å². The molecule has 1 aliphatic rings. The number of nitrogens with one attached hydrogen (secondary N) is 2. The number of aliphatic carboxylic acids is 1. The lowest BCUT2D eigenvalue weighted by atomic mass is 10.0. The second kappa shape index (κ2) is 6.61. The van der Waals surface area contributed by atoms with Crippen molar-refractivity contribution in [1.82, 2.24) is 10.6 Å². The van der Waals surface area contributed by atoms with Crippen molar-refractivity contribution in [1.29, 1.82) is 0 Å². The smallest absolute Gasteiger partial charge is 0.326 e. The van der Waals surface area contributed by atoms with Crippen LogP contribution < -0.4 is 10.6 Å². The van der Waals surface area contributed by atoms with Crippen molar-refractivity contribution in [3.05, 3.63) is 0 Å². The average Bonchev–Trinajstić information content (AvgIpc) is 2.70. The molecule has 5 nitrogen and oxygen atoms in total. The van der Waals surface area contributed by atoms with Gasteiger partial charge in [-0.2, -0.15) is 0 Å². The first kappa shape index (κ1) is 14.8. The second-order valence-corrected chi connectivity index (χ2v) is 5.40. The van der Waals surface area contributed by atoms with Crippen molar-refractivity contribution < 1.29 is 14.7 Å². The third-order valence-corrected chi connectivity index (χ3v) is 3.57. The highest BCUT2D eigenvalue weighted by molar-refractivity contribution is 5.82. The number of amides is 2. The van der Waals surface area contributed by atoms with Gasteiger partial charge in [0.25, 0.3) is 0 Å². The van der Waals surface area contributed by atoms with Crippen molar-refractivity contribution in [3.8, 4) is 0 Å². The van der Waals surface area contributed by atoms with Gasteiger partial charge in [-0.1, -0.05) is 32.6 Å². The number of hydrogen-bond acceptors (Lipinski definition) is 2. The van der Waals surface area contributed by atoms with Crippen LogP contribution in [0.3, 0.4) is 0 Å². The van der Waals surface area contributed by atoms with E-state index >= 15 is 0 Å². The molecule has 0 spiro atoms. The minimum absolute atomic E-state index is 0.169. The Labute approximate surface area is 108 Å². The maximum absolute atomic E-state index is 11.8. The molecule has 1 aliphatic carbocycles. The van der Waals surface area contributed by atoms with Gasteiger partial charge in [0.1, 0.15) is 6.04 Å². The van der Waals surface area contributed by atoms with E-state index in [9.17, 15) is 9.59 Å². The molecule has 0 aromatic carbocycles. The third-order valence-electron chi connectivity index (χ3n) is 3.57. The van der Waals surface area contributed by atoms with Crippen LogP contribution in [0.25, 0.3) is 0 Å². The van der Waals surface area contributed by atoms with E-state index in [0.29, 0.717) is 6.42 Å². The number of hydrogen-bond donors (Lipinski definition) is 3. The summed E-state index contributed by atoms with van der Waals surface area (Å²) in [6.45, 7) is 4.01. The topological polar surface area (TPSA) is 78.4 Å². The highest BCUT2D eigenvalue weighted by atomic mass is 16.4. The van der Waals surface area contributed by atoms with Gasteiger partial charge in [-0.15, -0.1) is 0 Å². The SMILES string of the molecule is CCCCC(NC(=O)NC1(C)CCCC1)C(=O)O. The van der Waals surface area contributed by atoms with Crippen molar-refractivity contribution >= 4 is 12.0 Å². The molecule has 1 unspecified atom stereocenters. The quantitative estimate of drug-likeness (QED) is 0.682. The lowest BCUT2D eigenvalue weighted by Gasteiger charge is -2.26. The standard InChI is InChI=1S/C13H24N2O3/c1-3-4-7-10(11(16)17)14-12(18)15-13(2)8-5-6-9-13/h10H,3-9H2,1-2H3,(H,16,17)(H2,14,15,18). The Kier molecular flexibility index (Phi) is 5.44. The molecular weight excluding hydrogens is 232 g/mol. The third kappa shape index (κ3) is 4.55. The Morgan fingerprint density at radius 3 is 2.44 bits per heavy atom. The van der Waals surface area contributed by atoms with E-state index in [-0.39, 0.29) is 11.6 Å². The van der Waals surface area contributed by atoms with Crippen LogP contribution in [0.15, 0.2) is 0 Å². The highest BCUT2D eigenvalue weighted by Gasteiger charge is 2.31. The lowest BCUT2D eigenvalue weighted by Crippen LogP contribution is -2.52. The Hall–Kier alpha value is -1.26. The highest BCUT2D eigenvalue weighted by Crippen LogP contribution is 2.28. The van der Waals surface area contributed by atoms with Gasteiger partial charge in [0.2, 0.25) is 0 Å². The molecule has 1 atom stereocenters. The first-order valence-corrected chi connectivity index (χ1v) is 6.78. The molecule has 5 heteroatoms. The second-order valence-electron chi connectivity index (χ2n) is 5.40. The normalized spacial score (nSPS) is 19.2. The van der Waals surface area contributed by atoms with E-state index in [1.54, 1.807) is 0 Å². The molecule has 18 heavy (non-hydrogen) atoms. The molecule has 0 bridgehead atoms. The van der Waals surface area contributed by atoms with Crippen LogP contribution in [0.5, 0.6) is 0 Å². The average molecular weight is 256 g/mol. The van der Waals surface area contributed by atoms with Crippen LogP contribution in [0, 0.1) is 0 Å². The predicted molar refractivity (Wildman–Crippen MR) is 69.5 cm³/mol. The number of urea groups is 1. The van der Waals surface area contributed by atoms with E-state index < -0.39 is 12.0 Å². The van der Waals surface area contributed by atoms with Gasteiger partial charge >= 0.3 is 12.0 Å². The van der Waals surface area contributed by atoms with Crippen LogP contribution in [0.4, 0.5) is 4.79 Å². The summed E-state index contributed by atoms with van der Waals surface area (Å²) in [4.78, 5) is 22.8. The number of carboxylic acid groups (broad SMARTS) is 1. The van der Waals surface area contributed by atoms with Crippen LogP contribution >= 0.6 is 0 Å². The van der Waals surface area contributed by atoms with Gasteiger partial charge in [-0.05, 0) is 26.2 Å². The molecule has 0 radical (unpaired) electrons. The zero-order valence-electron chi connectivity index (χ0n) is 11.3. The Bertz CT molecular complexity index is 299. The van der Waals surface area contributed by atoms with E-state index in [4.69, 9.17) is 5.11 Å². The molecular formula is C13H24N2O3. The zero-order valence-corrected chi connectivity index (χ0v) is 11.3. The number of carbonyl (C=O) groups is 2. The number of carbonyl (C=O) groups excluding carboxylic acids is 1. The molecule has 0 aromatic rings. The molecule has 3 N–H and O–H groups in total. The zero-order chi connectivity index (χ0) is 13.6. The van der Waals surface area contributed by atoms with E-state index in [0.717, 1.165) is 38.5 Å². The Balaban J connectivity index is 2.43. The fourth-order valence-corrected chi connectivity index (χ4v) is 2.41. The molecule has 0 aromatic heterocycles. The summed E-state index contributed by atoms with van der Waals surface area (Å²) < 4.78 is 0. The largest absolute Gasteiger partial charge is 0.480 e. The molecule has 0 saturated heterocycles. The summed E-state index contributed by atoms with van der Waals surface area (Å²) in [6.07, 6.45) is 6.37. The number of rotatable bonds is 6. The van der Waals surface area contributed by atoms with Crippen LogP contribution in [0.1, 0.15) is 58.8 Å². The van der Waals surface area contributed by atoms with Gasteiger partial charge in [0, 0.05) is 5.54 Å². The molecule has 1 fully saturated rings. The van der Waals surface area contributed by atoms with E-state index in [1.165, 1.54) is 0 Å². The molecule has 0 heterocycles. The van der Waals surface area contributed by atoms with Gasteiger partial charge < -0.3 is 15.7 Å². The molecule has 1 rings (SSSR count).